The molecule has 0 unspecified atom stereocenters. The van der Waals surface area contributed by atoms with Crippen LogP contribution in [0.1, 0.15) is 37.9 Å². The lowest BCUT2D eigenvalue weighted by atomic mass is 10.1. The summed E-state index contributed by atoms with van der Waals surface area (Å²) < 4.78 is 0. The quantitative estimate of drug-likeness (QED) is 0.601. The number of nitrogens with zero attached hydrogens (tertiary/aromatic N) is 1. The monoisotopic (exact) mass is 251 g/mol. The number of aromatic nitrogens is 1. The van der Waals surface area contributed by atoms with Gasteiger partial charge in [-0.25, -0.2) is 0 Å². The van der Waals surface area contributed by atoms with Crippen molar-refractivity contribution in [3.63, 3.8) is 0 Å². The van der Waals surface area contributed by atoms with E-state index < -0.39 is 0 Å². The van der Waals surface area contributed by atoms with Gasteiger partial charge in [-0.15, -0.1) is 0 Å². The van der Waals surface area contributed by atoms with E-state index in [-0.39, 0.29) is 0 Å². The number of unbranched alkanes of at least 4 members (excludes halogenated alkanes) is 1. The van der Waals surface area contributed by atoms with Crippen molar-refractivity contribution >= 4 is 17.3 Å². The van der Waals surface area contributed by atoms with Crippen LogP contribution in [0.5, 0.6) is 0 Å². The van der Waals surface area contributed by atoms with E-state index in [4.69, 9.17) is 12.2 Å². The zero-order valence-electron chi connectivity index (χ0n) is 10.6. The Hall–Kier alpha value is -1.16. The van der Waals surface area contributed by atoms with E-state index in [2.05, 4.69) is 35.5 Å². The first-order valence-electron chi connectivity index (χ1n) is 6.22. The van der Waals surface area contributed by atoms with Crippen LogP contribution in [0.3, 0.4) is 0 Å². The molecule has 0 aliphatic heterocycles. The first-order chi connectivity index (χ1) is 8.27. The summed E-state index contributed by atoms with van der Waals surface area (Å²) in [6, 6.07) is 4.08. The maximum absolute atomic E-state index is 5.20. The Balaban J connectivity index is 2.36. The molecular weight excluding hydrogens is 230 g/mol. The average molecular weight is 251 g/mol. The van der Waals surface area contributed by atoms with E-state index in [1.54, 1.807) is 0 Å². The average Bonchev–Trinajstić information content (AvgIpc) is 2.37. The minimum Gasteiger partial charge on any atom is -0.363 e. The van der Waals surface area contributed by atoms with Crippen molar-refractivity contribution in [3.05, 3.63) is 29.6 Å². The van der Waals surface area contributed by atoms with Crippen LogP contribution in [0.25, 0.3) is 0 Å². The summed E-state index contributed by atoms with van der Waals surface area (Å²) in [5, 5.41) is 7.09. The highest BCUT2D eigenvalue weighted by Gasteiger charge is 2.01. The zero-order valence-corrected chi connectivity index (χ0v) is 11.4. The summed E-state index contributed by atoms with van der Waals surface area (Å²) in [4.78, 5) is 4.37. The van der Waals surface area contributed by atoms with Crippen LogP contribution in [-0.2, 0) is 13.0 Å². The molecule has 0 spiro atoms. The molecular formula is C13H21N3S. The summed E-state index contributed by atoms with van der Waals surface area (Å²) in [5.41, 5.74) is 2.35. The third-order valence-corrected chi connectivity index (χ3v) is 2.89. The Morgan fingerprint density at radius 1 is 1.35 bits per heavy atom. The molecule has 94 valence electrons. The number of pyridine rings is 1. The molecule has 0 bridgehead atoms. The molecule has 4 heteroatoms. The number of aryl methyl sites for hydroxylation is 1. The fourth-order valence-electron chi connectivity index (χ4n) is 1.56. The number of thiocarbonyl (C=S) groups is 1. The van der Waals surface area contributed by atoms with Gasteiger partial charge in [0.05, 0.1) is 12.2 Å². The molecule has 2 N–H and O–H groups in total. The molecule has 0 aliphatic carbocycles. The number of rotatable bonds is 6. The Labute approximate surface area is 109 Å². The lowest BCUT2D eigenvalue weighted by Gasteiger charge is -2.11. The first-order valence-corrected chi connectivity index (χ1v) is 6.63. The van der Waals surface area contributed by atoms with Gasteiger partial charge >= 0.3 is 0 Å². The van der Waals surface area contributed by atoms with E-state index >= 15 is 0 Å². The van der Waals surface area contributed by atoms with Crippen LogP contribution >= 0.6 is 12.2 Å². The third kappa shape index (κ3) is 5.13. The number of hydrogen-bond acceptors (Lipinski definition) is 2. The van der Waals surface area contributed by atoms with Gasteiger partial charge in [0.25, 0.3) is 0 Å². The van der Waals surface area contributed by atoms with Gasteiger partial charge in [-0.2, -0.15) is 0 Å². The standard InChI is InChI=1S/C13H21N3S/c1-3-5-8-15-13(17)16-10-12-11(4-2)7-6-9-14-12/h6-7,9H,3-5,8,10H2,1-2H3,(H2,15,16,17). The van der Waals surface area contributed by atoms with Crippen LogP contribution in [0, 0.1) is 0 Å². The van der Waals surface area contributed by atoms with Crippen molar-refractivity contribution in [1.82, 2.24) is 15.6 Å². The molecule has 0 amide bonds. The Morgan fingerprint density at radius 3 is 2.88 bits per heavy atom. The predicted molar refractivity (Wildman–Crippen MR) is 76.0 cm³/mol. The second-order valence-electron chi connectivity index (χ2n) is 3.93. The molecule has 3 nitrogen and oxygen atoms in total. The van der Waals surface area contributed by atoms with Crippen molar-refractivity contribution in [2.45, 2.75) is 39.7 Å². The molecule has 0 atom stereocenters. The highest BCUT2D eigenvalue weighted by Crippen LogP contribution is 2.05. The summed E-state index contributed by atoms with van der Waals surface area (Å²) >= 11 is 5.20. The van der Waals surface area contributed by atoms with Crippen molar-refractivity contribution in [2.75, 3.05) is 6.54 Å². The summed E-state index contributed by atoms with van der Waals surface area (Å²) in [6.07, 6.45) is 5.14. The highest BCUT2D eigenvalue weighted by atomic mass is 32.1. The van der Waals surface area contributed by atoms with Gasteiger partial charge in [-0.05, 0) is 36.7 Å². The van der Waals surface area contributed by atoms with Crippen LogP contribution in [0.2, 0.25) is 0 Å². The van der Waals surface area contributed by atoms with Crippen molar-refractivity contribution in [2.24, 2.45) is 0 Å². The lowest BCUT2D eigenvalue weighted by molar-refractivity contribution is 0.734. The second-order valence-corrected chi connectivity index (χ2v) is 4.33. The van der Waals surface area contributed by atoms with E-state index in [0.29, 0.717) is 11.7 Å². The van der Waals surface area contributed by atoms with Gasteiger partial charge in [0.15, 0.2) is 5.11 Å². The van der Waals surface area contributed by atoms with E-state index in [1.807, 2.05) is 12.3 Å². The molecule has 0 fully saturated rings. The number of nitrogens with one attached hydrogen (secondary N) is 2. The largest absolute Gasteiger partial charge is 0.363 e. The minimum absolute atomic E-state index is 0.696. The van der Waals surface area contributed by atoms with Gasteiger partial charge in [0.1, 0.15) is 0 Å². The van der Waals surface area contributed by atoms with Gasteiger partial charge in [-0.1, -0.05) is 26.3 Å². The van der Waals surface area contributed by atoms with Crippen molar-refractivity contribution in [1.29, 1.82) is 0 Å². The van der Waals surface area contributed by atoms with E-state index in [0.717, 1.165) is 25.1 Å². The molecule has 17 heavy (non-hydrogen) atoms. The normalized spacial score (nSPS) is 10.0. The van der Waals surface area contributed by atoms with Crippen LogP contribution < -0.4 is 10.6 Å². The fraction of sp³-hybridized carbons (Fsp3) is 0.538. The number of hydrogen-bond donors (Lipinski definition) is 2. The zero-order chi connectivity index (χ0) is 12.5. The molecule has 0 aromatic carbocycles. The predicted octanol–water partition coefficient (Wildman–Crippen LogP) is 2.41. The molecule has 0 radical (unpaired) electrons. The maximum Gasteiger partial charge on any atom is 0.166 e. The highest BCUT2D eigenvalue weighted by molar-refractivity contribution is 7.80. The second kappa shape index (κ2) is 8.01. The molecule has 1 aromatic heterocycles. The Morgan fingerprint density at radius 2 is 2.18 bits per heavy atom. The van der Waals surface area contributed by atoms with Crippen LogP contribution in [0.4, 0.5) is 0 Å². The topological polar surface area (TPSA) is 37.0 Å². The first kappa shape index (κ1) is 13.9. The molecule has 1 heterocycles. The van der Waals surface area contributed by atoms with E-state index in [9.17, 15) is 0 Å². The van der Waals surface area contributed by atoms with Crippen molar-refractivity contribution < 1.29 is 0 Å². The summed E-state index contributed by atoms with van der Waals surface area (Å²) in [6.45, 7) is 5.94. The summed E-state index contributed by atoms with van der Waals surface area (Å²) in [7, 11) is 0. The van der Waals surface area contributed by atoms with Gasteiger partial charge in [0, 0.05) is 12.7 Å². The Bertz CT molecular complexity index is 352. The van der Waals surface area contributed by atoms with Gasteiger partial charge in [-0.3, -0.25) is 4.98 Å². The lowest BCUT2D eigenvalue weighted by Crippen LogP contribution is -2.35. The Kier molecular flexibility index (Phi) is 6.55. The van der Waals surface area contributed by atoms with Gasteiger partial charge in [0.2, 0.25) is 0 Å². The SMILES string of the molecule is CCCCNC(=S)NCc1ncccc1CC. The molecule has 0 aliphatic rings. The van der Waals surface area contributed by atoms with Crippen molar-refractivity contribution in [3.8, 4) is 0 Å². The fourth-order valence-corrected chi connectivity index (χ4v) is 1.73. The smallest absolute Gasteiger partial charge is 0.166 e. The van der Waals surface area contributed by atoms with E-state index in [1.165, 1.54) is 12.0 Å². The third-order valence-electron chi connectivity index (χ3n) is 2.60. The minimum atomic E-state index is 0.696. The molecule has 0 saturated carbocycles. The van der Waals surface area contributed by atoms with Crippen LogP contribution in [0.15, 0.2) is 18.3 Å². The molecule has 0 saturated heterocycles. The maximum atomic E-state index is 5.20. The van der Waals surface area contributed by atoms with Crippen LogP contribution in [-0.4, -0.2) is 16.6 Å². The summed E-state index contributed by atoms with van der Waals surface area (Å²) in [5.74, 6) is 0. The molecule has 1 aromatic rings. The molecule has 1 rings (SSSR count). The van der Waals surface area contributed by atoms with Gasteiger partial charge < -0.3 is 10.6 Å².